The summed E-state index contributed by atoms with van der Waals surface area (Å²) in [5.74, 6) is -0.0683. The number of nitrogens with one attached hydrogen (secondary N) is 1. The van der Waals surface area contributed by atoms with Crippen LogP contribution in [0.1, 0.15) is 34.6 Å². The zero-order valence-corrected chi connectivity index (χ0v) is 11.3. The van der Waals surface area contributed by atoms with Gasteiger partial charge in [-0.1, -0.05) is 32.4 Å². The minimum atomic E-state index is -0.389. The topological polar surface area (TPSA) is 49.4 Å². The summed E-state index contributed by atoms with van der Waals surface area (Å²) in [6, 6.07) is -0.389. The number of rotatable bonds is 2. The summed E-state index contributed by atoms with van der Waals surface area (Å²) in [7, 11) is 0. The molecule has 2 amide bonds. The number of nitrogens with zero attached hydrogens (tertiary/aromatic N) is 1. The molecule has 0 aromatic rings. The molecular formula is C13H22N2O2. The van der Waals surface area contributed by atoms with Gasteiger partial charge in [-0.3, -0.25) is 9.59 Å². The Hall–Kier alpha value is -1.32. The molecule has 0 saturated carbocycles. The fourth-order valence-corrected chi connectivity index (χ4v) is 2.00. The summed E-state index contributed by atoms with van der Waals surface area (Å²) in [6.45, 7) is 10.5. The van der Waals surface area contributed by atoms with E-state index in [4.69, 9.17) is 0 Å². The molecule has 1 N–H and O–H groups in total. The quantitative estimate of drug-likeness (QED) is 0.738. The Bertz CT molecular complexity index is 349. The highest BCUT2D eigenvalue weighted by Gasteiger charge is 2.41. The van der Waals surface area contributed by atoms with Gasteiger partial charge in [0.1, 0.15) is 6.04 Å². The van der Waals surface area contributed by atoms with E-state index in [1.807, 2.05) is 40.7 Å². The molecule has 0 radical (unpaired) electrons. The molecule has 1 saturated heterocycles. The number of allylic oxidation sites excluding steroid dienone is 1. The Morgan fingerprint density at radius 3 is 2.47 bits per heavy atom. The van der Waals surface area contributed by atoms with Gasteiger partial charge in [-0.15, -0.1) is 0 Å². The van der Waals surface area contributed by atoms with Crippen LogP contribution < -0.4 is 5.32 Å². The minimum Gasteiger partial charge on any atom is -0.345 e. The first kappa shape index (κ1) is 13.7. The van der Waals surface area contributed by atoms with Crippen molar-refractivity contribution in [3.05, 3.63) is 11.6 Å². The second kappa shape index (κ2) is 4.90. The Morgan fingerprint density at radius 1 is 1.41 bits per heavy atom. The molecule has 4 heteroatoms. The standard InChI is InChI=1S/C13H22N2O2/c1-9(2)6-7-15-10(16)8-14-12(17)11(15)13(3,4)5/h6,11H,7-8H2,1-5H3,(H,14,17). The van der Waals surface area contributed by atoms with Crippen LogP contribution in [-0.4, -0.2) is 35.8 Å². The summed E-state index contributed by atoms with van der Waals surface area (Å²) in [5.41, 5.74) is 0.895. The third-order valence-electron chi connectivity index (χ3n) is 2.81. The summed E-state index contributed by atoms with van der Waals surface area (Å²) in [6.07, 6.45) is 1.98. The molecule has 0 bridgehead atoms. The van der Waals surface area contributed by atoms with Crippen molar-refractivity contribution in [1.82, 2.24) is 10.2 Å². The predicted molar refractivity (Wildman–Crippen MR) is 67.4 cm³/mol. The maximum Gasteiger partial charge on any atom is 0.243 e. The molecule has 1 fully saturated rings. The number of hydrogen-bond acceptors (Lipinski definition) is 2. The van der Waals surface area contributed by atoms with Gasteiger partial charge in [0.2, 0.25) is 11.8 Å². The van der Waals surface area contributed by atoms with Crippen molar-refractivity contribution in [3.63, 3.8) is 0 Å². The molecule has 1 heterocycles. The number of amides is 2. The number of carbonyl (C=O) groups excluding carboxylic acids is 2. The van der Waals surface area contributed by atoms with Gasteiger partial charge in [0.25, 0.3) is 0 Å². The highest BCUT2D eigenvalue weighted by Crippen LogP contribution is 2.26. The molecule has 1 unspecified atom stereocenters. The average molecular weight is 238 g/mol. The molecule has 0 aliphatic carbocycles. The van der Waals surface area contributed by atoms with E-state index in [1.165, 1.54) is 0 Å². The third-order valence-corrected chi connectivity index (χ3v) is 2.81. The lowest BCUT2D eigenvalue weighted by Gasteiger charge is -2.41. The normalized spacial score (nSPS) is 21.2. The third kappa shape index (κ3) is 3.32. The SMILES string of the molecule is CC(C)=CCN1C(=O)CNC(=O)C1C(C)(C)C. The maximum absolute atomic E-state index is 11.9. The van der Waals surface area contributed by atoms with Crippen LogP contribution in [-0.2, 0) is 9.59 Å². The van der Waals surface area contributed by atoms with Crippen LogP contribution >= 0.6 is 0 Å². The monoisotopic (exact) mass is 238 g/mol. The van der Waals surface area contributed by atoms with E-state index < -0.39 is 0 Å². The number of carbonyl (C=O) groups is 2. The largest absolute Gasteiger partial charge is 0.345 e. The first-order valence-corrected chi connectivity index (χ1v) is 5.94. The van der Waals surface area contributed by atoms with E-state index >= 15 is 0 Å². The van der Waals surface area contributed by atoms with Crippen LogP contribution in [0.2, 0.25) is 0 Å². The van der Waals surface area contributed by atoms with Crippen molar-refractivity contribution in [2.45, 2.75) is 40.7 Å². The second-order valence-electron chi connectivity index (χ2n) is 5.81. The van der Waals surface area contributed by atoms with E-state index in [1.54, 1.807) is 4.90 Å². The van der Waals surface area contributed by atoms with Gasteiger partial charge in [0, 0.05) is 6.54 Å². The molecule has 0 aromatic carbocycles. The van der Waals surface area contributed by atoms with Gasteiger partial charge in [-0.2, -0.15) is 0 Å². The van der Waals surface area contributed by atoms with Gasteiger partial charge in [-0.05, 0) is 19.3 Å². The second-order valence-corrected chi connectivity index (χ2v) is 5.81. The molecule has 1 aliphatic rings. The maximum atomic E-state index is 11.9. The fraction of sp³-hybridized carbons (Fsp3) is 0.692. The molecule has 0 spiro atoms. The van der Waals surface area contributed by atoms with Crippen LogP contribution in [0.3, 0.4) is 0 Å². The first-order chi connectivity index (χ1) is 7.73. The lowest BCUT2D eigenvalue weighted by molar-refractivity contribution is -0.149. The van der Waals surface area contributed by atoms with Crippen LogP contribution in [0.25, 0.3) is 0 Å². The lowest BCUT2D eigenvalue weighted by Crippen LogP contribution is -2.62. The van der Waals surface area contributed by atoms with Gasteiger partial charge in [0.15, 0.2) is 0 Å². The Morgan fingerprint density at radius 2 is 2.00 bits per heavy atom. The molecule has 17 heavy (non-hydrogen) atoms. The zero-order chi connectivity index (χ0) is 13.2. The molecular weight excluding hydrogens is 216 g/mol. The van der Waals surface area contributed by atoms with Crippen molar-refractivity contribution in [3.8, 4) is 0 Å². The summed E-state index contributed by atoms with van der Waals surface area (Å²) < 4.78 is 0. The summed E-state index contributed by atoms with van der Waals surface area (Å²) in [5, 5.41) is 2.66. The van der Waals surface area contributed by atoms with Crippen molar-refractivity contribution >= 4 is 11.8 Å². The Balaban J connectivity index is 2.96. The van der Waals surface area contributed by atoms with Crippen LogP contribution in [0, 0.1) is 5.41 Å². The van der Waals surface area contributed by atoms with Gasteiger partial charge in [-0.25, -0.2) is 0 Å². The van der Waals surface area contributed by atoms with E-state index in [-0.39, 0.29) is 29.8 Å². The smallest absolute Gasteiger partial charge is 0.243 e. The fourth-order valence-electron chi connectivity index (χ4n) is 2.00. The van der Waals surface area contributed by atoms with Crippen molar-refractivity contribution < 1.29 is 9.59 Å². The molecule has 1 rings (SSSR count). The highest BCUT2D eigenvalue weighted by molar-refractivity contribution is 5.95. The molecule has 1 aliphatic heterocycles. The zero-order valence-electron chi connectivity index (χ0n) is 11.3. The average Bonchev–Trinajstić information content (AvgIpc) is 2.17. The molecule has 4 nitrogen and oxygen atoms in total. The summed E-state index contributed by atoms with van der Waals surface area (Å²) >= 11 is 0. The van der Waals surface area contributed by atoms with Crippen molar-refractivity contribution in [2.24, 2.45) is 5.41 Å². The van der Waals surface area contributed by atoms with Crippen LogP contribution in [0.5, 0.6) is 0 Å². The van der Waals surface area contributed by atoms with E-state index in [0.717, 1.165) is 5.57 Å². The van der Waals surface area contributed by atoms with E-state index in [2.05, 4.69) is 5.32 Å². The van der Waals surface area contributed by atoms with E-state index in [0.29, 0.717) is 6.54 Å². The number of hydrogen-bond donors (Lipinski definition) is 1. The Labute approximate surface area is 103 Å². The molecule has 1 atom stereocenters. The van der Waals surface area contributed by atoms with Crippen molar-refractivity contribution in [1.29, 1.82) is 0 Å². The van der Waals surface area contributed by atoms with Crippen LogP contribution in [0.15, 0.2) is 11.6 Å². The van der Waals surface area contributed by atoms with Crippen molar-refractivity contribution in [2.75, 3.05) is 13.1 Å². The highest BCUT2D eigenvalue weighted by atomic mass is 16.2. The van der Waals surface area contributed by atoms with Gasteiger partial charge >= 0.3 is 0 Å². The lowest BCUT2D eigenvalue weighted by atomic mass is 9.84. The first-order valence-electron chi connectivity index (χ1n) is 5.94. The Kier molecular flexibility index (Phi) is 3.96. The van der Waals surface area contributed by atoms with E-state index in [9.17, 15) is 9.59 Å². The minimum absolute atomic E-state index is 0.0120. The predicted octanol–water partition coefficient (Wildman–Crippen LogP) is 1.33. The van der Waals surface area contributed by atoms with Gasteiger partial charge in [0.05, 0.1) is 6.54 Å². The van der Waals surface area contributed by atoms with Crippen LogP contribution in [0.4, 0.5) is 0 Å². The number of piperazine rings is 1. The molecule has 0 aromatic heterocycles. The van der Waals surface area contributed by atoms with Gasteiger partial charge < -0.3 is 10.2 Å². The molecule has 96 valence electrons. The summed E-state index contributed by atoms with van der Waals surface area (Å²) in [4.78, 5) is 25.5.